The zero-order valence-electron chi connectivity index (χ0n) is 31.1. The van der Waals surface area contributed by atoms with Crippen LogP contribution < -0.4 is 20.1 Å². The number of carbonyl (C=O) groups excluding carboxylic acids is 2. The Labute approximate surface area is 218 Å². The normalized spacial score (nSPS) is 29.2. The van der Waals surface area contributed by atoms with E-state index in [-0.39, 0.29) is 24.3 Å². The number of hydrogen-bond acceptors (Lipinski definition) is 5. The van der Waals surface area contributed by atoms with E-state index in [9.17, 15) is 18.0 Å². The zero-order chi connectivity index (χ0) is 36.3. The molecule has 0 saturated heterocycles. The first-order valence-corrected chi connectivity index (χ1v) is 11.1. The molecule has 1 aliphatic carbocycles. The molecule has 0 unspecified atom stereocenters. The maximum atomic E-state index is 12.9. The lowest BCUT2D eigenvalue weighted by molar-refractivity contribution is 0.0951. The molecular formula is C23H28ClN3O5S. The molecule has 1 saturated carbocycles. The fraction of sp³-hybridized carbons (Fsp3) is 0.391. The number of amides is 3. The van der Waals surface area contributed by atoms with Gasteiger partial charge in [-0.3, -0.25) is 4.79 Å². The summed E-state index contributed by atoms with van der Waals surface area (Å²) in [4.78, 5) is 24.9. The van der Waals surface area contributed by atoms with Crippen molar-refractivity contribution in [2.24, 2.45) is 0 Å². The molecule has 0 spiro atoms. The van der Waals surface area contributed by atoms with E-state index in [1.54, 1.807) is 0 Å². The summed E-state index contributed by atoms with van der Waals surface area (Å²) in [7, 11) is -3.65. The van der Waals surface area contributed by atoms with Gasteiger partial charge in [-0.15, -0.1) is 0 Å². The minimum atomic E-state index is -4.80. The molecule has 10 heteroatoms. The average molecular weight is 508 g/mol. The first-order chi connectivity index (χ1) is 21.2. The maximum Gasteiger partial charge on any atom is 0.328 e. The molecule has 0 aromatic heterocycles. The van der Waals surface area contributed by atoms with E-state index < -0.39 is 87.9 Å². The van der Waals surface area contributed by atoms with Gasteiger partial charge in [-0.25, -0.2) is 17.9 Å². The fourth-order valence-electron chi connectivity index (χ4n) is 2.56. The van der Waals surface area contributed by atoms with Gasteiger partial charge in [-0.05, 0) is 55.0 Å². The Kier molecular flexibility index (Phi) is 4.16. The van der Waals surface area contributed by atoms with E-state index >= 15 is 0 Å². The highest BCUT2D eigenvalue weighted by Crippen LogP contribution is 2.22. The number of sulfonamides is 1. The molecule has 1 aliphatic rings. The molecule has 0 atom stereocenters. The minimum absolute atomic E-state index is 0.0593. The number of carbonyl (C=O) groups is 2. The Morgan fingerprint density at radius 3 is 2.58 bits per heavy atom. The van der Waals surface area contributed by atoms with Crippen LogP contribution in [0.5, 0.6) is 5.75 Å². The molecule has 0 heterocycles. The van der Waals surface area contributed by atoms with Gasteiger partial charge in [0.2, 0.25) is 0 Å². The number of methoxy groups -OCH3 is 1. The molecule has 3 rings (SSSR count). The Bertz CT molecular complexity index is 1680. The van der Waals surface area contributed by atoms with Crippen molar-refractivity contribution in [3.8, 4) is 5.75 Å². The van der Waals surface area contributed by atoms with E-state index in [4.69, 9.17) is 35.5 Å². The van der Waals surface area contributed by atoms with E-state index in [1.807, 2.05) is 0 Å². The third-order valence-electron chi connectivity index (χ3n) is 4.08. The second kappa shape index (κ2) is 11.4. The number of ether oxygens (including phenoxy) is 1. The maximum absolute atomic E-state index is 12.9. The van der Waals surface area contributed by atoms with Crippen LogP contribution in [0.25, 0.3) is 0 Å². The Hall–Kier alpha value is -2.78. The predicted octanol–water partition coefficient (Wildman–Crippen LogP) is 3.64. The lowest BCUT2D eigenvalue weighted by Crippen LogP contribution is -2.45. The van der Waals surface area contributed by atoms with E-state index in [0.717, 1.165) is 19.2 Å². The van der Waals surface area contributed by atoms with Crippen molar-refractivity contribution in [1.82, 2.24) is 15.4 Å². The molecule has 8 nitrogen and oxygen atoms in total. The zero-order valence-corrected chi connectivity index (χ0v) is 18.6. The van der Waals surface area contributed by atoms with Gasteiger partial charge in [-0.2, -0.15) is 0 Å². The van der Waals surface area contributed by atoms with Crippen LogP contribution >= 0.6 is 11.6 Å². The lowest BCUT2D eigenvalue weighted by atomic mass is 9.96. The number of rotatable bonds is 8. The van der Waals surface area contributed by atoms with Crippen molar-refractivity contribution in [2.75, 3.05) is 13.7 Å². The fourth-order valence-corrected chi connectivity index (χ4v) is 3.61. The largest absolute Gasteiger partial charge is 0.496 e. The summed E-state index contributed by atoms with van der Waals surface area (Å²) in [6.07, 6.45) is -19.4. The predicted molar refractivity (Wildman–Crippen MR) is 126 cm³/mol. The van der Waals surface area contributed by atoms with Crippen LogP contribution in [0.3, 0.4) is 0 Å². The van der Waals surface area contributed by atoms with Crippen LogP contribution in [-0.4, -0.2) is 40.0 Å². The number of urea groups is 1. The molecule has 33 heavy (non-hydrogen) atoms. The molecule has 0 bridgehead atoms. The number of halogens is 1. The molecule has 3 amide bonds. The molecule has 0 radical (unpaired) electrons. The third-order valence-corrected chi connectivity index (χ3v) is 5.61. The molecule has 3 N–H and O–H groups in total. The van der Waals surface area contributed by atoms with Gasteiger partial charge in [0.05, 0.1) is 23.1 Å². The van der Waals surface area contributed by atoms with Gasteiger partial charge >= 0.3 is 6.03 Å². The summed E-state index contributed by atoms with van der Waals surface area (Å²) in [6, 6.07) is -2.67. The first kappa shape index (κ1) is 12.1. The van der Waals surface area contributed by atoms with E-state index in [0.29, 0.717) is 5.56 Å². The summed E-state index contributed by atoms with van der Waals surface area (Å²) >= 11 is 5.89. The SMILES string of the molecule is [2H]c1c([2H])c(OC)c(C(=O)NCCc2ccc(S(=O)(=O)NC(=O)NC3([2H])C([2H])([2H])C([2H])([2H])C([2H])([2H])C([2H])([2H])C3([2H])[2H])cc2)c([2H])c1Cl. The monoisotopic (exact) mass is 507 g/mol. The standard InChI is InChI=1S/C23H28ClN3O5S/c1-32-21-12-9-17(24)15-20(21)22(28)25-14-13-16-7-10-19(11-8-16)33(30,31)27-23(29)26-18-5-3-2-4-6-18/h7-12,15,18H,2-6,13-14H2,1H3,(H,25,28)(H2,26,27,29)/i2D2,3D2,4D2,5D2,6D2,9D,12D,15D,18D. The smallest absolute Gasteiger partial charge is 0.328 e. The van der Waals surface area contributed by atoms with Crippen molar-refractivity contribution in [1.29, 1.82) is 0 Å². The van der Waals surface area contributed by atoms with Crippen LogP contribution in [0.1, 0.15) is 67.0 Å². The van der Waals surface area contributed by atoms with Crippen LogP contribution in [0.2, 0.25) is 5.02 Å². The van der Waals surface area contributed by atoms with Crippen molar-refractivity contribution >= 4 is 33.6 Å². The van der Waals surface area contributed by atoms with Crippen molar-refractivity contribution < 1.29 is 41.9 Å². The number of hydrogen-bond donors (Lipinski definition) is 3. The Morgan fingerprint density at radius 1 is 1.21 bits per heavy atom. The van der Waals surface area contributed by atoms with Gasteiger partial charge in [0.25, 0.3) is 15.9 Å². The summed E-state index contributed by atoms with van der Waals surface area (Å²) in [6.45, 7) is -0.0593. The Balaban J connectivity index is 1.74. The minimum Gasteiger partial charge on any atom is -0.496 e. The van der Waals surface area contributed by atoms with Gasteiger partial charge < -0.3 is 15.4 Å². The molecule has 2 aromatic carbocycles. The van der Waals surface area contributed by atoms with Gasteiger partial charge in [-0.1, -0.05) is 42.9 Å². The highest BCUT2D eigenvalue weighted by atomic mass is 35.5. The Morgan fingerprint density at radius 2 is 1.91 bits per heavy atom. The van der Waals surface area contributed by atoms with Crippen LogP contribution in [-0.2, 0) is 16.4 Å². The van der Waals surface area contributed by atoms with Crippen molar-refractivity contribution in [2.45, 2.75) is 49.2 Å². The summed E-state index contributed by atoms with van der Waals surface area (Å²) in [5.74, 6) is -1.15. The first-order valence-electron chi connectivity index (χ1n) is 16.2. The van der Waals surface area contributed by atoms with Gasteiger partial charge in [0, 0.05) is 31.3 Å². The summed E-state index contributed by atoms with van der Waals surface area (Å²) < 4.78 is 144. The topological polar surface area (TPSA) is 114 Å². The van der Waals surface area contributed by atoms with Gasteiger partial charge in [0.1, 0.15) is 5.75 Å². The molecule has 0 aliphatic heterocycles. The van der Waals surface area contributed by atoms with Gasteiger partial charge in [0.15, 0.2) is 0 Å². The lowest BCUT2D eigenvalue weighted by Gasteiger charge is -2.22. The quantitative estimate of drug-likeness (QED) is 0.504. The highest BCUT2D eigenvalue weighted by Gasteiger charge is 2.21. The van der Waals surface area contributed by atoms with Crippen LogP contribution in [0, 0.1) is 0 Å². The molecule has 178 valence electrons. The number of nitrogens with one attached hydrogen (secondary N) is 3. The number of benzene rings is 2. The van der Waals surface area contributed by atoms with E-state index in [2.05, 4.69) is 5.32 Å². The second-order valence-corrected chi connectivity index (χ2v) is 8.37. The van der Waals surface area contributed by atoms with E-state index in [1.165, 1.54) is 22.2 Å². The summed E-state index contributed by atoms with van der Waals surface area (Å²) in [5.41, 5.74) is 0.0963. The third kappa shape index (κ3) is 7.10. The highest BCUT2D eigenvalue weighted by molar-refractivity contribution is 7.90. The molecular weight excluding hydrogens is 466 g/mol. The van der Waals surface area contributed by atoms with Crippen molar-refractivity contribution in [3.05, 3.63) is 58.5 Å². The second-order valence-electron chi connectivity index (χ2n) is 6.31. The molecule has 1 fully saturated rings. The average Bonchev–Trinajstić information content (AvgIpc) is 2.96. The van der Waals surface area contributed by atoms with Crippen LogP contribution in [0.15, 0.2) is 47.3 Å². The van der Waals surface area contributed by atoms with Crippen LogP contribution in [0.4, 0.5) is 4.79 Å². The summed E-state index contributed by atoms with van der Waals surface area (Å²) in [5, 5.41) is 3.46. The molecule has 2 aromatic rings. The van der Waals surface area contributed by atoms with Crippen molar-refractivity contribution in [3.63, 3.8) is 0 Å².